The molecule has 10 heteroatoms. The second kappa shape index (κ2) is 9.05. The van der Waals surface area contributed by atoms with Crippen molar-refractivity contribution in [3.63, 3.8) is 0 Å². The van der Waals surface area contributed by atoms with E-state index in [1.807, 2.05) is 19.1 Å². The average molecular weight is 458 g/mol. The summed E-state index contributed by atoms with van der Waals surface area (Å²) in [6.07, 6.45) is 3.05. The number of benzene rings is 2. The van der Waals surface area contributed by atoms with E-state index in [4.69, 9.17) is 11.6 Å². The summed E-state index contributed by atoms with van der Waals surface area (Å²) in [6.45, 7) is 3.47. The summed E-state index contributed by atoms with van der Waals surface area (Å²) < 4.78 is 16.0. The topological polar surface area (TPSA) is 102 Å². The van der Waals surface area contributed by atoms with Gasteiger partial charge in [-0.05, 0) is 56.6 Å². The predicted molar refractivity (Wildman–Crippen MR) is 119 cm³/mol. The second-order valence-electron chi connectivity index (χ2n) is 7.64. The second-order valence-corrected chi connectivity index (χ2v) is 8.05. The fourth-order valence-electron chi connectivity index (χ4n) is 3.95. The molecular formula is C22H21ClFN5O3. The van der Waals surface area contributed by atoms with Crippen molar-refractivity contribution in [3.8, 4) is 5.69 Å². The lowest BCUT2D eigenvalue weighted by Gasteiger charge is -2.25. The zero-order chi connectivity index (χ0) is 22.8. The van der Waals surface area contributed by atoms with Gasteiger partial charge in [0, 0.05) is 23.1 Å². The molecule has 1 aromatic heterocycles. The Morgan fingerprint density at radius 3 is 2.78 bits per heavy atom. The summed E-state index contributed by atoms with van der Waals surface area (Å²) in [5.74, 6) is -1.29. The number of hydrogen-bond donors (Lipinski definition) is 2. The van der Waals surface area contributed by atoms with Crippen molar-refractivity contribution in [2.24, 2.45) is 0 Å². The first-order chi connectivity index (χ1) is 15.4. The highest BCUT2D eigenvalue weighted by atomic mass is 35.5. The highest BCUT2D eigenvalue weighted by molar-refractivity contribution is 6.31. The average Bonchev–Trinajstić information content (AvgIpc) is 3.22. The van der Waals surface area contributed by atoms with Gasteiger partial charge in [0.25, 0.3) is 11.6 Å². The molecule has 2 N–H and O–H groups in total. The van der Waals surface area contributed by atoms with Gasteiger partial charge in [0.1, 0.15) is 5.82 Å². The lowest BCUT2D eigenvalue weighted by atomic mass is 9.91. The molecule has 2 aromatic carbocycles. The van der Waals surface area contributed by atoms with Crippen molar-refractivity contribution in [2.45, 2.75) is 25.7 Å². The Bertz CT molecular complexity index is 1190. The third-order valence-corrected chi connectivity index (χ3v) is 6.06. The van der Waals surface area contributed by atoms with Crippen LogP contribution in [0.3, 0.4) is 0 Å². The first-order valence-corrected chi connectivity index (χ1v) is 10.5. The molecule has 0 atom stereocenters. The Hall–Kier alpha value is -3.30. The smallest absolute Gasteiger partial charge is 0.271 e. The molecule has 3 aromatic rings. The number of carbonyl (C=O) groups is 1. The number of halogens is 2. The first-order valence-electron chi connectivity index (χ1n) is 10.2. The van der Waals surface area contributed by atoms with E-state index in [-0.39, 0.29) is 17.3 Å². The number of piperidine rings is 1. The maximum absolute atomic E-state index is 14.3. The highest BCUT2D eigenvalue weighted by Gasteiger charge is 2.28. The SMILES string of the molecule is Cc1c(Cl)cccc1-n1ncc(C(=O)Nc2cc([N+](=O)[O-])ccc2F)c1C1CCNCC1. The molecule has 0 saturated carbocycles. The van der Waals surface area contributed by atoms with Crippen molar-refractivity contribution in [1.82, 2.24) is 15.1 Å². The van der Waals surface area contributed by atoms with Crippen LogP contribution in [0.2, 0.25) is 5.02 Å². The molecule has 32 heavy (non-hydrogen) atoms. The molecule has 1 fully saturated rings. The molecule has 1 amide bonds. The fraction of sp³-hybridized carbons (Fsp3) is 0.273. The van der Waals surface area contributed by atoms with E-state index in [2.05, 4.69) is 15.7 Å². The molecule has 8 nitrogen and oxygen atoms in total. The maximum atomic E-state index is 14.3. The lowest BCUT2D eigenvalue weighted by molar-refractivity contribution is -0.384. The van der Waals surface area contributed by atoms with Crippen molar-refractivity contribution < 1.29 is 14.1 Å². The number of nitro benzene ring substituents is 1. The maximum Gasteiger partial charge on any atom is 0.271 e. The third-order valence-electron chi connectivity index (χ3n) is 5.65. The van der Waals surface area contributed by atoms with Gasteiger partial charge in [-0.25, -0.2) is 9.07 Å². The molecule has 166 valence electrons. The van der Waals surface area contributed by atoms with Gasteiger partial charge >= 0.3 is 0 Å². The van der Waals surface area contributed by atoms with Crippen LogP contribution in [-0.2, 0) is 0 Å². The number of hydrogen-bond acceptors (Lipinski definition) is 5. The molecule has 0 spiro atoms. The van der Waals surface area contributed by atoms with Crippen LogP contribution in [0.5, 0.6) is 0 Å². The lowest BCUT2D eigenvalue weighted by Crippen LogP contribution is -2.29. The minimum absolute atomic E-state index is 0.0489. The number of nitro groups is 1. The van der Waals surface area contributed by atoms with Crippen molar-refractivity contribution >= 4 is 28.9 Å². The Morgan fingerprint density at radius 2 is 2.06 bits per heavy atom. The Morgan fingerprint density at radius 1 is 1.31 bits per heavy atom. The molecular weight excluding hydrogens is 437 g/mol. The quantitative estimate of drug-likeness (QED) is 0.430. The van der Waals surface area contributed by atoms with Gasteiger partial charge in [-0.1, -0.05) is 17.7 Å². The molecule has 4 rings (SSSR count). The first kappa shape index (κ1) is 21.9. The molecule has 1 saturated heterocycles. The van der Waals surface area contributed by atoms with E-state index in [0.29, 0.717) is 16.3 Å². The molecule has 0 aliphatic carbocycles. The molecule has 1 aliphatic rings. The van der Waals surface area contributed by atoms with Crippen LogP contribution in [0.1, 0.15) is 40.4 Å². The van der Waals surface area contributed by atoms with Gasteiger partial charge in [-0.3, -0.25) is 14.9 Å². The van der Waals surface area contributed by atoms with E-state index < -0.39 is 16.6 Å². The molecule has 1 aliphatic heterocycles. The van der Waals surface area contributed by atoms with Crippen LogP contribution in [0.15, 0.2) is 42.6 Å². The van der Waals surface area contributed by atoms with E-state index >= 15 is 0 Å². The van der Waals surface area contributed by atoms with E-state index in [0.717, 1.165) is 55.4 Å². The van der Waals surface area contributed by atoms with Gasteiger partial charge in [0.2, 0.25) is 0 Å². The van der Waals surface area contributed by atoms with Crippen molar-refractivity contribution in [1.29, 1.82) is 0 Å². The molecule has 2 heterocycles. The summed E-state index contributed by atoms with van der Waals surface area (Å²) in [5.41, 5.74) is 2.01. The molecule has 0 bridgehead atoms. The minimum atomic E-state index is -0.759. The third kappa shape index (κ3) is 4.21. The number of nitrogens with one attached hydrogen (secondary N) is 2. The van der Waals surface area contributed by atoms with Gasteiger partial charge < -0.3 is 10.6 Å². The van der Waals surface area contributed by atoms with Crippen LogP contribution >= 0.6 is 11.6 Å². The van der Waals surface area contributed by atoms with Gasteiger partial charge in [0.05, 0.1) is 33.8 Å². The highest BCUT2D eigenvalue weighted by Crippen LogP contribution is 2.33. The number of amides is 1. The summed E-state index contributed by atoms with van der Waals surface area (Å²) in [6, 6.07) is 8.48. The van der Waals surface area contributed by atoms with Crippen LogP contribution in [0.4, 0.5) is 15.8 Å². The van der Waals surface area contributed by atoms with Crippen molar-refractivity contribution in [3.05, 3.63) is 80.4 Å². The standard InChI is InChI=1S/C22H21ClFN5O3/c1-13-17(23)3-2-4-20(13)28-21(14-7-9-25-10-8-14)16(12-26-28)22(30)27-19-11-15(29(31)32)5-6-18(19)24/h2-6,11-12,14,25H,7-10H2,1H3,(H,27,30). The summed E-state index contributed by atoms with van der Waals surface area (Å²) in [4.78, 5) is 23.6. The van der Waals surface area contributed by atoms with Gasteiger partial charge in [-0.2, -0.15) is 5.10 Å². The van der Waals surface area contributed by atoms with E-state index in [1.165, 1.54) is 6.20 Å². The number of non-ortho nitro benzene ring substituents is 1. The van der Waals surface area contributed by atoms with Crippen LogP contribution in [-0.4, -0.2) is 33.7 Å². The number of anilines is 1. The van der Waals surface area contributed by atoms with Gasteiger partial charge in [-0.15, -0.1) is 0 Å². The number of nitrogens with zero attached hydrogens (tertiary/aromatic N) is 3. The van der Waals surface area contributed by atoms with Crippen LogP contribution in [0.25, 0.3) is 5.69 Å². The summed E-state index contributed by atoms with van der Waals surface area (Å²) >= 11 is 6.31. The fourth-order valence-corrected chi connectivity index (χ4v) is 4.12. The summed E-state index contributed by atoms with van der Waals surface area (Å²) in [5, 5.41) is 21.9. The number of aromatic nitrogens is 2. The Labute approximate surface area is 188 Å². The Balaban J connectivity index is 1.76. The number of carbonyl (C=O) groups excluding carboxylic acids is 1. The zero-order valence-corrected chi connectivity index (χ0v) is 18.0. The van der Waals surface area contributed by atoms with Crippen molar-refractivity contribution in [2.75, 3.05) is 18.4 Å². The molecule has 0 unspecified atom stereocenters. The van der Waals surface area contributed by atoms with Crippen LogP contribution < -0.4 is 10.6 Å². The van der Waals surface area contributed by atoms with E-state index in [1.54, 1.807) is 10.7 Å². The molecule has 0 radical (unpaired) electrons. The normalized spacial score (nSPS) is 14.3. The number of rotatable bonds is 5. The van der Waals surface area contributed by atoms with Crippen LogP contribution in [0, 0.1) is 22.9 Å². The predicted octanol–water partition coefficient (Wildman–Crippen LogP) is 4.60. The minimum Gasteiger partial charge on any atom is -0.319 e. The monoisotopic (exact) mass is 457 g/mol. The Kier molecular flexibility index (Phi) is 6.20. The van der Waals surface area contributed by atoms with Gasteiger partial charge in [0.15, 0.2) is 0 Å². The summed E-state index contributed by atoms with van der Waals surface area (Å²) in [7, 11) is 0. The zero-order valence-electron chi connectivity index (χ0n) is 17.3. The van der Waals surface area contributed by atoms with E-state index in [9.17, 15) is 19.3 Å². The largest absolute Gasteiger partial charge is 0.319 e.